The Hall–Kier alpha value is -1.97. The lowest BCUT2D eigenvalue weighted by molar-refractivity contribution is 0.116. The lowest BCUT2D eigenvalue weighted by Crippen LogP contribution is -2.30. The van der Waals surface area contributed by atoms with Crippen LogP contribution in [-0.4, -0.2) is 6.61 Å². The molecule has 30 heavy (non-hydrogen) atoms. The zero-order chi connectivity index (χ0) is 21.3. The van der Waals surface area contributed by atoms with E-state index in [9.17, 15) is 13.2 Å². The van der Waals surface area contributed by atoms with E-state index >= 15 is 0 Å². The topological polar surface area (TPSA) is 9.23 Å². The summed E-state index contributed by atoms with van der Waals surface area (Å²) in [5.74, 6) is -0.519. The molecule has 4 unspecified atom stereocenters. The monoisotopic (exact) mass is 416 g/mol. The summed E-state index contributed by atoms with van der Waals surface area (Å²) < 4.78 is 49.1. The number of hydrogen-bond acceptors (Lipinski definition) is 1. The van der Waals surface area contributed by atoms with Crippen molar-refractivity contribution in [3.63, 3.8) is 0 Å². The first-order valence-corrected chi connectivity index (χ1v) is 11.4. The van der Waals surface area contributed by atoms with Crippen LogP contribution in [0.1, 0.15) is 70.3 Å². The van der Waals surface area contributed by atoms with Gasteiger partial charge in [-0.05, 0) is 85.8 Å². The third-order valence-corrected chi connectivity index (χ3v) is 7.40. The Morgan fingerprint density at radius 2 is 1.73 bits per heavy atom. The number of allylic oxidation sites excluding steroid dienone is 1. The molecule has 2 aliphatic rings. The van der Waals surface area contributed by atoms with Crippen LogP contribution in [0.25, 0.3) is 10.8 Å². The molecule has 162 valence electrons. The molecule has 4 atom stereocenters. The lowest BCUT2D eigenvalue weighted by Gasteiger charge is -2.42. The van der Waals surface area contributed by atoms with Gasteiger partial charge in [-0.3, -0.25) is 0 Å². The Morgan fingerprint density at radius 3 is 2.50 bits per heavy atom. The van der Waals surface area contributed by atoms with Crippen molar-refractivity contribution in [3.8, 4) is 5.75 Å². The van der Waals surface area contributed by atoms with Gasteiger partial charge in [-0.15, -0.1) is 0 Å². The fourth-order valence-corrected chi connectivity index (χ4v) is 5.65. The van der Waals surface area contributed by atoms with Gasteiger partial charge in [-0.25, -0.2) is 8.78 Å². The summed E-state index contributed by atoms with van der Waals surface area (Å²) in [7, 11) is 0. The lowest BCUT2D eigenvalue weighted by atomic mass is 9.63. The molecule has 0 aliphatic heterocycles. The van der Waals surface area contributed by atoms with Gasteiger partial charge >= 0.3 is 0 Å². The van der Waals surface area contributed by atoms with Crippen LogP contribution < -0.4 is 4.74 Å². The molecular formula is C26H31F3O. The first-order valence-electron chi connectivity index (χ1n) is 11.4. The average Bonchev–Trinajstić information content (AvgIpc) is 2.76. The molecule has 1 nitrogen and oxygen atoms in total. The molecule has 0 bridgehead atoms. The minimum atomic E-state index is -1.17. The molecule has 0 aromatic heterocycles. The molecule has 2 aromatic carbocycles. The average molecular weight is 417 g/mol. The van der Waals surface area contributed by atoms with Gasteiger partial charge in [0.15, 0.2) is 11.6 Å². The van der Waals surface area contributed by atoms with E-state index in [0.717, 1.165) is 30.2 Å². The Bertz CT molecular complexity index is 936. The van der Waals surface area contributed by atoms with E-state index in [-0.39, 0.29) is 23.7 Å². The van der Waals surface area contributed by atoms with Crippen molar-refractivity contribution in [2.75, 3.05) is 6.61 Å². The third-order valence-electron chi connectivity index (χ3n) is 7.40. The Labute approximate surface area is 177 Å². The van der Waals surface area contributed by atoms with Crippen LogP contribution >= 0.6 is 0 Å². The molecule has 0 N–H and O–H groups in total. The van der Waals surface area contributed by atoms with E-state index in [1.807, 2.05) is 13.0 Å². The van der Waals surface area contributed by atoms with Crippen molar-refractivity contribution in [1.82, 2.24) is 0 Å². The largest absolute Gasteiger partial charge is 0.486 e. The maximum absolute atomic E-state index is 14.9. The van der Waals surface area contributed by atoms with Crippen molar-refractivity contribution >= 4 is 10.8 Å². The maximum Gasteiger partial charge on any atom is 0.201 e. The number of fused-ring (bicyclic) bond motifs is 2. The number of hydrogen-bond donors (Lipinski definition) is 0. The third kappa shape index (κ3) is 4.10. The van der Waals surface area contributed by atoms with Crippen LogP contribution in [0.4, 0.5) is 13.2 Å². The zero-order valence-corrected chi connectivity index (χ0v) is 17.9. The summed E-state index contributed by atoms with van der Waals surface area (Å²) in [6.07, 6.45) is 11.9. The minimum absolute atomic E-state index is 0.144. The highest BCUT2D eigenvalue weighted by atomic mass is 19.2. The molecule has 2 saturated carbocycles. The number of halogens is 3. The van der Waals surface area contributed by atoms with Crippen LogP contribution in [0.3, 0.4) is 0 Å². The predicted molar refractivity (Wildman–Crippen MR) is 115 cm³/mol. The quantitative estimate of drug-likeness (QED) is 0.450. The molecule has 0 heterocycles. The molecule has 2 aliphatic carbocycles. The fraction of sp³-hybridized carbons (Fsp3) is 0.538. The summed E-state index contributed by atoms with van der Waals surface area (Å²) in [4.78, 5) is 0. The van der Waals surface area contributed by atoms with Gasteiger partial charge in [0.25, 0.3) is 0 Å². The van der Waals surface area contributed by atoms with Gasteiger partial charge in [0.2, 0.25) is 5.82 Å². The molecule has 2 aromatic rings. The van der Waals surface area contributed by atoms with Crippen LogP contribution in [0, 0.1) is 35.2 Å². The van der Waals surface area contributed by atoms with Crippen molar-refractivity contribution in [1.29, 1.82) is 0 Å². The molecule has 4 heteroatoms. The van der Waals surface area contributed by atoms with Crippen molar-refractivity contribution < 1.29 is 17.9 Å². The smallest absolute Gasteiger partial charge is 0.201 e. The van der Waals surface area contributed by atoms with Gasteiger partial charge in [-0.1, -0.05) is 38.0 Å². The van der Waals surface area contributed by atoms with Crippen LogP contribution in [0.5, 0.6) is 5.75 Å². The first-order chi connectivity index (χ1) is 14.5. The normalized spacial score (nSPS) is 26.8. The van der Waals surface area contributed by atoms with Crippen molar-refractivity contribution in [2.45, 2.75) is 64.7 Å². The number of benzene rings is 2. The van der Waals surface area contributed by atoms with E-state index < -0.39 is 17.5 Å². The highest BCUT2D eigenvalue weighted by molar-refractivity contribution is 5.86. The van der Waals surface area contributed by atoms with E-state index in [4.69, 9.17) is 4.74 Å². The molecule has 0 spiro atoms. The SMILES string of the molecule is CC=CCOc1cc2cc(C3CCC4CC(CC)CCC4C3)cc(F)c2c(F)c1F. The fourth-order valence-electron chi connectivity index (χ4n) is 5.65. The predicted octanol–water partition coefficient (Wildman–Crippen LogP) is 7.92. The molecule has 4 rings (SSSR count). The second kappa shape index (κ2) is 9.03. The van der Waals surface area contributed by atoms with Gasteiger partial charge in [-0.2, -0.15) is 4.39 Å². The van der Waals surface area contributed by atoms with Crippen LogP contribution in [0.15, 0.2) is 30.4 Å². The van der Waals surface area contributed by atoms with Crippen molar-refractivity contribution in [2.24, 2.45) is 17.8 Å². The van der Waals surface area contributed by atoms with Gasteiger partial charge in [0, 0.05) is 0 Å². The molecule has 0 radical (unpaired) electrons. The van der Waals surface area contributed by atoms with Gasteiger partial charge < -0.3 is 4.74 Å². The van der Waals surface area contributed by atoms with Crippen molar-refractivity contribution in [3.05, 3.63) is 53.4 Å². The van der Waals surface area contributed by atoms with Gasteiger partial charge in [0.05, 0.1) is 5.39 Å². The second-order valence-corrected chi connectivity index (χ2v) is 9.10. The summed E-state index contributed by atoms with van der Waals surface area (Å²) in [6.45, 7) is 4.25. The molecule has 2 fully saturated rings. The van der Waals surface area contributed by atoms with E-state index in [0.29, 0.717) is 11.3 Å². The highest BCUT2D eigenvalue weighted by Crippen LogP contribution is 2.48. The number of ether oxygens (including phenoxy) is 1. The van der Waals surface area contributed by atoms with Crippen LogP contribution in [-0.2, 0) is 0 Å². The zero-order valence-electron chi connectivity index (χ0n) is 17.9. The summed E-state index contributed by atoms with van der Waals surface area (Å²) in [5, 5.41) is 0.0861. The van der Waals surface area contributed by atoms with E-state index in [1.165, 1.54) is 44.2 Å². The Balaban J connectivity index is 1.61. The summed E-state index contributed by atoms with van der Waals surface area (Å²) >= 11 is 0. The highest BCUT2D eigenvalue weighted by Gasteiger charge is 2.35. The second-order valence-electron chi connectivity index (χ2n) is 9.10. The molecular weight excluding hydrogens is 385 g/mol. The Kier molecular flexibility index (Phi) is 6.40. The minimum Gasteiger partial charge on any atom is -0.486 e. The van der Waals surface area contributed by atoms with Crippen LogP contribution in [0.2, 0.25) is 0 Å². The van der Waals surface area contributed by atoms with E-state index in [1.54, 1.807) is 12.2 Å². The maximum atomic E-state index is 14.9. The molecule has 0 saturated heterocycles. The Morgan fingerprint density at radius 1 is 0.967 bits per heavy atom. The molecule has 0 amide bonds. The van der Waals surface area contributed by atoms with Gasteiger partial charge in [0.1, 0.15) is 12.4 Å². The summed E-state index contributed by atoms with van der Waals surface area (Å²) in [5.41, 5.74) is 0.904. The van der Waals surface area contributed by atoms with E-state index in [2.05, 4.69) is 6.92 Å². The first kappa shape index (κ1) is 21.3. The number of rotatable bonds is 5. The summed E-state index contributed by atoms with van der Waals surface area (Å²) in [6, 6.07) is 4.70. The standard InChI is InChI=1S/C26H31F3O/c1-3-5-10-30-23-15-21-13-20(14-22(27)24(21)26(29)25(23)28)19-9-8-17-11-16(4-2)6-7-18(17)12-19/h3,5,13-19H,4,6-12H2,1-2H3.